The number of anilines is 1. The van der Waals surface area contributed by atoms with Gasteiger partial charge >= 0.3 is 0 Å². The molecule has 0 saturated carbocycles. The van der Waals surface area contributed by atoms with E-state index in [2.05, 4.69) is 0 Å². The van der Waals surface area contributed by atoms with Crippen LogP contribution < -0.4 is 4.31 Å². The summed E-state index contributed by atoms with van der Waals surface area (Å²) in [5.74, 6) is -0.193. The molecule has 21 heavy (non-hydrogen) atoms. The van der Waals surface area contributed by atoms with Crippen molar-refractivity contribution >= 4 is 15.7 Å². The van der Waals surface area contributed by atoms with Crippen LogP contribution in [0.5, 0.6) is 0 Å². The zero-order chi connectivity index (χ0) is 15.5. The summed E-state index contributed by atoms with van der Waals surface area (Å²) in [4.78, 5) is 0. The Balaban J connectivity index is 2.30. The van der Waals surface area contributed by atoms with Crippen LogP contribution in [0.25, 0.3) is 0 Å². The van der Waals surface area contributed by atoms with E-state index in [1.165, 1.54) is 11.4 Å². The molecule has 4 nitrogen and oxygen atoms in total. The number of rotatable bonds is 4. The van der Waals surface area contributed by atoms with Crippen LogP contribution in [0.15, 0.2) is 48.5 Å². The molecule has 0 spiro atoms. The molecule has 0 fully saturated rings. The fourth-order valence-corrected chi connectivity index (χ4v) is 3.25. The lowest BCUT2D eigenvalue weighted by Crippen LogP contribution is -2.28. The highest BCUT2D eigenvalue weighted by molar-refractivity contribution is 7.92. The molecule has 2 aromatic carbocycles. The molecular weight excluding hydrogens is 284 g/mol. The maximum Gasteiger partial charge on any atom is 0.239 e. The van der Waals surface area contributed by atoms with Crippen molar-refractivity contribution in [2.45, 2.75) is 12.7 Å². The maximum absolute atomic E-state index is 12.5. The second-order valence-corrected chi connectivity index (χ2v) is 6.83. The highest BCUT2D eigenvalue weighted by Crippen LogP contribution is 2.20. The van der Waals surface area contributed by atoms with Crippen LogP contribution in [0.4, 0.5) is 5.69 Å². The molecule has 0 atom stereocenters. The Morgan fingerprint density at radius 2 is 1.71 bits per heavy atom. The zero-order valence-corrected chi connectivity index (χ0v) is 12.8. The minimum absolute atomic E-state index is 0.193. The molecule has 0 saturated heterocycles. The smallest absolute Gasteiger partial charge is 0.239 e. The van der Waals surface area contributed by atoms with Crippen molar-refractivity contribution in [3.05, 3.63) is 65.2 Å². The Bertz CT molecular complexity index is 775. The third kappa shape index (κ3) is 3.41. The van der Waals surface area contributed by atoms with Gasteiger partial charge in [0.1, 0.15) is 0 Å². The van der Waals surface area contributed by atoms with Crippen molar-refractivity contribution < 1.29 is 8.42 Å². The minimum atomic E-state index is -3.53. The van der Waals surface area contributed by atoms with E-state index < -0.39 is 10.0 Å². The summed E-state index contributed by atoms with van der Waals surface area (Å²) in [5.41, 5.74) is 2.58. The Kier molecular flexibility index (Phi) is 4.29. The summed E-state index contributed by atoms with van der Waals surface area (Å²) in [6.45, 7) is 1.95. The van der Waals surface area contributed by atoms with Crippen LogP contribution in [0.3, 0.4) is 0 Å². The van der Waals surface area contributed by atoms with E-state index in [4.69, 9.17) is 5.26 Å². The van der Waals surface area contributed by atoms with Gasteiger partial charge in [0.25, 0.3) is 0 Å². The number of hydrogen-bond acceptors (Lipinski definition) is 3. The van der Waals surface area contributed by atoms with Crippen LogP contribution in [0.1, 0.15) is 16.7 Å². The average Bonchev–Trinajstić information content (AvgIpc) is 2.47. The summed E-state index contributed by atoms with van der Waals surface area (Å²) in [6.07, 6.45) is 0. The quantitative estimate of drug-likeness (QED) is 0.872. The standard InChI is InChI=1S/C16H16N2O2S/c1-13-7-9-16(10-8-13)18(2)21(19,20)12-15-6-4-3-5-14(15)11-17/h3-10H,12H2,1-2H3. The van der Waals surface area contributed by atoms with E-state index in [1.807, 2.05) is 25.1 Å². The van der Waals surface area contributed by atoms with Crippen molar-refractivity contribution in [2.24, 2.45) is 0 Å². The van der Waals surface area contributed by atoms with Crippen molar-refractivity contribution in [3.63, 3.8) is 0 Å². The first-order valence-electron chi connectivity index (χ1n) is 6.45. The number of nitrogens with zero attached hydrogens (tertiary/aromatic N) is 2. The van der Waals surface area contributed by atoms with Crippen LogP contribution >= 0.6 is 0 Å². The molecule has 0 N–H and O–H groups in total. The third-order valence-electron chi connectivity index (χ3n) is 3.29. The highest BCUT2D eigenvalue weighted by atomic mass is 32.2. The number of nitriles is 1. The van der Waals surface area contributed by atoms with Gasteiger partial charge in [0, 0.05) is 7.05 Å². The predicted octanol–water partition coefficient (Wildman–Crippen LogP) is 2.83. The molecule has 0 aliphatic rings. The fraction of sp³-hybridized carbons (Fsp3) is 0.188. The molecule has 2 aromatic rings. The van der Waals surface area contributed by atoms with Gasteiger partial charge in [0.05, 0.1) is 23.1 Å². The maximum atomic E-state index is 12.5. The summed E-state index contributed by atoms with van der Waals surface area (Å²) in [7, 11) is -2.01. The molecule has 0 heterocycles. The summed E-state index contributed by atoms with van der Waals surface area (Å²) < 4.78 is 26.2. The van der Waals surface area contributed by atoms with E-state index >= 15 is 0 Å². The molecule has 5 heteroatoms. The number of aryl methyl sites for hydroxylation is 1. The molecule has 0 aromatic heterocycles. The van der Waals surface area contributed by atoms with Gasteiger partial charge in [-0.2, -0.15) is 5.26 Å². The highest BCUT2D eigenvalue weighted by Gasteiger charge is 2.20. The first kappa shape index (κ1) is 15.1. The molecule has 0 bridgehead atoms. The topological polar surface area (TPSA) is 61.2 Å². The lowest BCUT2D eigenvalue weighted by Gasteiger charge is -2.20. The summed E-state index contributed by atoms with van der Waals surface area (Å²) >= 11 is 0. The van der Waals surface area contributed by atoms with Crippen molar-refractivity contribution in [1.82, 2.24) is 0 Å². The van der Waals surface area contributed by atoms with Gasteiger partial charge in [-0.15, -0.1) is 0 Å². The largest absolute Gasteiger partial charge is 0.273 e. The third-order valence-corrected chi connectivity index (χ3v) is 5.01. The second kappa shape index (κ2) is 5.98. The summed E-state index contributed by atoms with van der Waals surface area (Å²) in [5, 5.41) is 9.04. The molecule has 0 radical (unpaired) electrons. The molecule has 0 aliphatic carbocycles. The number of benzene rings is 2. The Morgan fingerprint density at radius 1 is 1.10 bits per heavy atom. The van der Waals surface area contributed by atoms with Gasteiger partial charge in [0.2, 0.25) is 10.0 Å². The number of sulfonamides is 1. The van der Waals surface area contributed by atoms with Gasteiger partial charge in [-0.1, -0.05) is 35.9 Å². The van der Waals surface area contributed by atoms with Crippen molar-refractivity contribution in [2.75, 3.05) is 11.4 Å². The molecule has 108 valence electrons. The Hall–Kier alpha value is -2.32. The van der Waals surface area contributed by atoms with Crippen LogP contribution in [0.2, 0.25) is 0 Å². The predicted molar refractivity (Wildman–Crippen MR) is 83.4 cm³/mol. The monoisotopic (exact) mass is 300 g/mol. The van der Waals surface area contributed by atoms with Crippen LogP contribution in [-0.4, -0.2) is 15.5 Å². The lowest BCUT2D eigenvalue weighted by molar-refractivity contribution is 0.593. The molecule has 0 aliphatic heterocycles. The lowest BCUT2D eigenvalue weighted by atomic mass is 10.1. The first-order chi connectivity index (χ1) is 9.94. The first-order valence-corrected chi connectivity index (χ1v) is 8.06. The summed E-state index contributed by atoms with van der Waals surface area (Å²) in [6, 6.07) is 16.0. The van der Waals surface area contributed by atoms with Gasteiger partial charge < -0.3 is 0 Å². The van der Waals surface area contributed by atoms with Crippen molar-refractivity contribution in [1.29, 1.82) is 5.26 Å². The second-order valence-electron chi connectivity index (χ2n) is 4.83. The fourth-order valence-electron chi connectivity index (χ4n) is 1.96. The normalized spacial score (nSPS) is 10.9. The minimum Gasteiger partial charge on any atom is -0.273 e. The van der Waals surface area contributed by atoms with E-state index in [-0.39, 0.29) is 5.75 Å². The molecule has 2 rings (SSSR count). The van der Waals surface area contributed by atoms with Crippen LogP contribution in [-0.2, 0) is 15.8 Å². The zero-order valence-electron chi connectivity index (χ0n) is 11.9. The molecule has 0 amide bonds. The van der Waals surface area contributed by atoms with Gasteiger partial charge in [-0.05, 0) is 30.7 Å². The van der Waals surface area contributed by atoms with Gasteiger partial charge in [0.15, 0.2) is 0 Å². The molecular formula is C16H16N2O2S. The number of hydrogen-bond donors (Lipinski definition) is 0. The molecule has 0 unspecified atom stereocenters. The van der Waals surface area contributed by atoms with Gasteiger partial charge in [-0.3, -0.25) is 4.31 Å². The van der Waals surface area contributed by atoms with Crippen LogP contribution in [0, 0.1) is 18.3 Å². The van der Waals surface area contributed by atoms with E-state index in [0.717, 1.165) is 5.56 Å². The van der Waals surface area contributed by atoms with E-state index in [9.17, 15) is 8.42 Å². The average molecular weight is 300 g/mol. The van der Waals surface area contributed by atoms with Gasteiger partial charge in [-0.25, -0.2) is 8.42 Å². The Morgan fingerprint density at radius 3 is 2.33 bits per heavy atom. The van der Waals surface area contributed by atoms with Crippen molar-refractivity contribution in [3.8, 4) is 6.07 Å². The SMILES string of the molecule is Cc1ccc(N(C)S(=O)(=O)Cc2ccccc2C#N)cc1. The Labute approximate surface area is 125 Å². The van der Waals surface area contributed by atoms with E-state index in [0.29, 0.717) is 16.8 Å². The van der Waals surface area contributed by atoms with E-state index in [1.54, 1.807) is 36.4 Å².